The van der Waals surface area contributed by atoms with Crippen LogP contribution in [0.1, 0.15) is 50.2 Å². The molecule has 3 aromatic carbocycles. The third-order valence-corrected chi connectivity index (χ3v) is 7.35. The van der Waals surface area contributed by atoms with Crippen molar-refractivity contribution in [3.63, 3.8) is 0 Å². The first-order valence-electron chi connectivity index (χ1n) is 12.0. The first-order valence-corrected chi connectivity index (χ1v) is 13.8. The van der Waals surface area contributed by atoms with E-state index in [2.05, 4.69) is 5.32 Å². The predicted molar refractivity (Wildman–Crippen MR) is 142 cm³/mol. The van der Waals surface area contributed by atoms with Crippen LogP contribution in [0.4, 0.5) is 8.78 Å². The fourth-order valence-electron chi connectivity index (χ4n) is 4.44. The third kappa shape index (κ3) is 7.69. The Kier molecular flexibility index (Phi) is 9.54. The number of ether oxygens (including phenoxy) is 1. The smallest absolute Gasteiger partial charge is 0.249 e. The van der Waals surface area contributed by atoms with E-state index in [0.29, 0.717) is 18.4 Å². The molecule has 4 N–H and O–H groups in total. The lowest BCUT2D eigenvalue weighted by Crippen LogP contribution is -2.35. The minimum absolute atomic E-state index is 0.00255. The summed E-state index contributed by atoms with van der Waals surface area (Å²) in [7, 11) is -2.31. The number of sulfone groups is 1. The van der Waals surface area contributed by atoms with Gasteiger partial charge in [0, 0.05) is 42.5 Å². The zero-order valence-electron chi connectivity index (χ0n) is 21.7. The van der Waals surface area contributed by atoms with Crippen LogP contribution in [-0.4, -0.2) is 51.2 Å². The molecule has 8 nitrogen and oxygen atoms in total. The van der Waals surface area contributed by atoms with Crippen molar-refractivity contribution in [3.8, 4) is 5.75 Å². The molecule has 3 rings (SSSR count). The molecule has 0 bridgehead atoms. The van der Waals surface area contributed by atoms with Gasteiger partial charge in [0.2, 0.25) is 5.91 Å². The van der Waals surface area contributed by atoms with Crippen molar-refractivity contribution in [3.05, 3.63) is 94.0 Å². The summed E-state index contributed by atoms with van der Waals surface area (Å²) < 4.78 is 57.8. The van der Waals surface area contributed by atoms with E-state index in [1.165, 1.54) is 14.0 Å². The molecule has 0 aliphatic carbocycles. The zero-order valence-corrected chi connectivity index (χ0v) is 22.5. The minimum Gasteiger partial charge on any atom is -0.497 e. The van der Waals surface area contributed by atoms with Gasteiger partial charge in [-0.25, -0.2) is 17.2 Å². The summed E-state index contributed by atoms with van der Waals surface area (Å²) >= 11 is 0. The Morgan fingerprint density at radius 1 is 1.03 bits per heavy atom. The van der Waals surface area contributed by atoms with E-state index in [4.69, 9.17) is 10.5 Å². The van der Waals surface area contributed by atoms with Crippen molar-refractivity contribution in [2.45, 2.75) is 36.8 Å². The Labute approximate surface area is 225 Å². The molecule has 0 heterocycles. The summed E-state index contributed by atoms with van der Waals surface area (Å²) in [6.45, 7) is 1.45. The highest BCUT2D eigenvalue weighted by molar-refractivity contribution is 7.90. The molecule has 0 unspecified atom stereocenters. The van der Waals surface area contributed by atoms with Crippen molar-refractivity contribution in [2.24, 2.45) is 5.73 Å². The Morgan fingerprint density at radius 3 is 2.23 bits per heavy atom. The molecule has 1 amide bonds. The van der Waals surface area contributed by atoms with Gasteiger partial charge in [0.05, 0.1) is 18.1 Å². The number of benzene rings is 3. The van der Waals surface area contributed by atoms with Gasteiger partial charge in [0.25, 0.3) is 0 Å². The van der Waals surface area contributed by atoms with Crippen LogP contribution in [0.15, 0.2) is 59.5 Å². The quantitative estimate of drug-likeness (QED) is 0.290. The van der Waals surface area contributed by atoms with Crippen molar-refractivity contribution < 1.29 is 36.6 Å². The fraction of sp³-hybridized carbons (Fsp3) is 0.286. The second-order valence-corrected chi connectivity index (χ2v) is 11.3. The number of amides is 1. The van der Waals surface area contributed by atoms with Crippen LogP contribution in [0, 0.1) is 11.6 Å². The molecule has 0 aliphatic rings. The number of primary amides is 1. The van der Waals surface area contributed by atoms with Gasteiger partial charge < -0.3 is 20.9 Å². The largest absolute Gasteiger partial charge is 0.497 e. The predicted octanol–water partition coefficient (Wildman–Crippen LogP) is 3.16. The van der Waals surface area contributed by atoms with Gasteiger partial charge in [0.15, 0.2) is 15.6 Å². The topological polar surface area (TPSA) is 136 Å². The van der Waals surface area contributed by atoms with Crippen molar-refractivity contribution in [2.75, 3.05) is 19.9 Å². The number of carbonyl (C=O) groups is 2. The van der Waals surface area contributed by atoms with E-state index in [9.17, 15) is 31.9 Å². The molecule has 11 heteroatoms. The molecule has 0 fully saturated rings. The lowest BCUT2D eigenvalue weighted by molar-refractivity contribution is 0.0994. The molecule has 39 heavy (non-hydrogen) atoms. The molecule has 208 valence electrons. The number of aliphatic hydroxyl groups is 1. The Balaban J connectivity index is 2.09. The lowest BCUT2D eigenvalue weighted by Gasteiger charge is -2.28. The average Bonchev–Trinajstić information content (AvgIpc) is 2.85. The minimum atomic E-state index is -3.84. The highest BCUT2D eigenvalue weighted by Gasteiger charge is 2.31. The number of Topliss-reactive ketones (excluding diaryl/α,β-unsaturated/α-hetero) is 1. The average molecular weight is 561 g/mol. The Morgan fingerprint density at radius 2 is 1.67 bits per heavy atom. The second kappa shape index (κ2) is 12.5. The van der Waals surface area contributed by atoms with E-state index in [0.717, 1.165) is 36.1 Å². The summed E-state index contributed by atoms with van der Waals surface area (Å²) in [5.74, 6) is -3.72. The summed E-state index contributed by atoms with van der Waals surface area (Å²) in [6, 6.07) is 12.2. The third-order valence-electron chi connectivity index (χ3n) is 6.26. The summed E-state index contributed by atoms with van der Waals surface area (Å²) in [6.07, 6.45) is -0.557. The van der Waals surface area contributed by atoms with Gasteiger partial charge in [-0.15, -0.1) is 0 Å². The number of rotatable bonds is 12. The normalized spacial score (nSPS) is 13.1. The van der Waals surface area contributed by atoms with Crippen LogP contribution in [0.3, 0.4) is 0 Å². The molecular weight excluding hydrogens is 530 g/mol. The van der Waals surface area contributed by atoms with Gasteiger partial charge in [-0.2, -0.15) is 0 Å². The van der Waals surface area contributed by atoms with Gasteiger partial charge in [-0.3, -0.25) is 9.59 Å². The molecule has 0 radical (unpaired) electrons. The summed E-state index contributed by atoms with van der Waals surface area (Å²) in [5.41, 5.74) is 6.19. The van der Waals surface area contributed by atoms with Gasteiger partial charge in [0.1, 0.15) is 17.4 Å². The van der Waals surface area contributed by atoms with Crippen LogP contribution in [0.25, 0.3) is 0 Å². The molecule has 0 aliphatic heterocycles. The van der Waals surface area contributed by atoms with Crippen molar-refractivity contribution >= 4 is 21.5 Å². The molecule has 0 spiro atoms. The van der Waals surface area contributed by atoms with Crippen LogP contribution < -0.4 is 15.8 Å². The first-order chi connectivity index (χ1) is 18.3. The van der Waals surface area contributed by atoms with Crippen molar-refractivity contribution in [1.82, 2.24) is 5.32 Å². The molecule has 0 saturated carbocycles. The number of ketones is 1. The maximum atomic E-state index is 14.0. The first kappa shape index (κ1) is 29.9. The van der Waals surface area contributed by atoms with Gasteiger partial charge in [-0.05, 0) is 66.4 Å². The summed E-state index contributed by atoms with van der Waals surface area (Å²) in [5, 5.41) is 14.4. The Bertz CT molecular complexity index is 1440. The van der Waals surface area contributed by atoms with Crippen LogP contribution in [0.2, 0.25) is 0 Å². The number of hydrogen-bond donors (Lipinski definition) is 3. The number of halogens is 2. The number of methoxy groups -OCH3 is 1. The number of nitrogens with one attached hydrogen (secondary N) is 1. The van der Waals surface area contributed by atoms with E-state index < -0.39 is 45.2 Å². The van der Waals surface area contributed by atoms with E-state index in [-0.39, 0.29) is 40.1 Å². The van der Waals surface area contributed by atoms with Crippen LogP contribution in [-0.2, 0) is 22.8 Å². The lowest BCUT2D eigenvalue weighted by atomic mass is 9.80. The molecular formula is C28H30F2N2O6S. The van der Waals surface area contributed by atoms with Crippen molar-refractivity contribution in [1.29, 1.82) is 0 Å². The number of carbonyl (C=O) groups excluding carboxylic acids is 2. The van der Waals surface area contributed by atoms with Gasteiger partial charge in [-0.1, -0.05) is 12.1 Å². The number of nitrogens with two attached hydrogens (primary N) is 1. The highest BCUT2D eigenvalue weighted by Crippen LogP contribution is 2.33. The van der Waals surface area contributed by atoms with E-state index >= 15 is 0 Å². The summed E-state index contributed by atoms with van der Waals surface area (Å²) in [4.78, 5) is 24.9. The van der Waals surface area contributed by atoms with Gasteiger partial charge >= 0.3 is 0 Å². The molecule has 0 aromatic heterocycles. The maximum absolute atomic E-state index is 14.0. The molecule has 2 atom stereocenters. The molecule has 0 saturated heterocycles. The van der Waals surface area contributed by atoms with E-state index in [1.54, 1.807) is 18.2 Å². The highest BCUT2D eigenvalue weighted by atomic mass is 32.2. The monoisotopic (exact) mass is 560 g/mol. The van der Waals surface area contributed by atoms with Crippen LogP contribution >= 0.6 is 0 Å². The second-order valence-electron chi connectivity index (χ2n) is 9.26. The zero-order chi connectivity index (χ0) is 28.9. The SMILES string of the molecule is COc1cccc(CNC[C@H](O)[C@@H](Cc2cc(F)cc(F)c2)c2c(C(C)=O)cc(S(C)(=O)=O)cc2C(N)=O)c1. The van der Waals surface area contributed by atoms with E-state index in [1.807, 2.05) is 6.07 Å². The molecule has 3 aromatic rings. The Hall–Kier alpha value is -3.67. The standard InChI is InChI=1S/C28H30F2N2O6S/c1-16(33)23-12-22(39(3,36)37)13-25(28(31)35)27(23)24(10-18-7-19(29)11-20(30)8-18)26(34)15-32-14-17-5-4-6-21(9-17)38-2/h4-9,11-13,24,26,32,34H,10,14-15H2,1-3H3,(H2,31,35)/t24-,26+/m1/s1. The number of hydrogen-bond acceptors (Lipinski definition) is 7. The fourth-order valence-corrected chi connectivity index (χ4v) is 5.10. The van der Waals surface area contributed by atoms with Crippen LogP contribution in [0.5, 0.6) is 5.75 Å². The number of aliphatic hydroxyl groups excluding tert-OH is 1. The maximum Gasteiger partial charge on any atom is 0.249 e.